The SMILES string of the molecule is Cc1c(COc2cc(OCc3cccc(C#N)c3)c(CN[C@@](C)(CO)C(=O)O)cc2Cl)cccc1-c1ccc2c(c1)OCCO2. The topological polar surface area (TPSA) is 130 Å². The van der Waals surface area contributed by atoms with Crippen LogP contribution in [0.1, 0.15) is 34.7 Å². The number of aliphatic carboxylic acids is 1. The molecule has 0 radical (unpaired) electrons. The van der Waals surface area contributed by atoms with Crippen molar-refractivity contribution in [3.8, 4) is 40.2 Å². The molecule has 0 saturated heterocycles. The molecule has 232 valence electrons. The molecule has 0 unspecified atom stereocenters. The smallest absolute Gasteiger partial charge is 0.326 e. The van der Waals surface area contributed by atoms with E-state index >= 15 is 0 Å². The van der Waals surface area contributed by atoms with E-state index in [-0.39, 0.29) is 19.8 Å². The second kappa shape index (κ2) is 13.9. The minimum Gasteiger partial charge on any atom is -0.488 e. The number of carboxylic acids is 1. The van der Waals surface area contributed by atoms with Gasteiger partial charge >= 0.3 is 5.97 Å². The van der Waals surface area contributed by atoms with Gasteiger partial charge in [0.15, 0.2) is 11.5 Å². The first-order chi connectivity index (χ1) is 21.7. The highest BCUT2D eigenvalue weighted by atomic mass is 35.5. The van der Waals surface area contributed by atoms with Crippen molar-refractivity contribution in [2.45, 2.75) is 39.1 Å². The van der Waals surface area contributed by atoms with E-state index in [0.717, 1.165) is 39.3 Å². The number of nitrogens with one attached hydrogen (secondary N) is 1. The van der Waals surface area contributed by atoms with Crippen LogP contribution in [0.5, 0.6) is 23.0 Å². The molecule has 0 aromatic heterocycles. The Morgan fingerprint density at radius 2 is 1.73 bits per heavy atom. The lowest BCUT2D eigenvalue weighted by Crippen LogP contribution is -2.52. The Balaban J connectivity index is 1.39. The van der Waals surface area contributed by atoms with E-state index in [4.69, 9.17) is 30.5 Å². The van der Waals surface area contributed by atoms with Gasteiger partial charge in [-0.3, -0.25) is 10.1 Å². The van der Waals surface area contributed by atoms with Crippen molar-refractivity contribution in [2.75, 3.05) is 19.8 Å². The van der Waals surface area contributed by atoms with Crippen LogP contribution in [-0.2, 0) is 24.6 Å². The number of aliphatic hydroxyl groups excluding tert-OH is 1. The average Bonchev–Trinajstić information content (AvgIpc) is 3.06. The highest BCUT2D eigenvalue weighted by molar-refractivity contribution is 6.32. The van der Waals surface area contributed by atoms with Crippen LogP contribution < -0.4 is 24.3 Å². The summed E-state index contributed by atoms with van der Waals surface area (Å²) in [5.41, 5.74) is 4.32. The summed E-state index contributed by atoms with van der Waals surface area (Å²) in [7, 11) is 0. The number of hydrogen-bond acceptors (Lipinski definition) is 8. The van der Waals surface area contributed by atoms with Crippen molar-refractivity contribution in [2.24, 2.45) is 0 Å². The molecular formula is C35H33ClN2O7. The third kappa shape index (κ3) is 7.32. The lowest BCUT2D eigenvalue weighted by molar-refractivity contribution is -0.145. The number of rotatable bonds is 12. The van der Waals surface area contributed by atoms with Gasteiger partial charge in [0.05, 0.1) is 23.3 Å². The van der Waals surface area contributed by atoms with Gasteiger partial charge in [-0.15, -0.1) is 0 Å². The summed E-state index contributed by atoms with van der Waals surface area (Å²) in [6.45, 7) is 4.28. The van der Waals surface area contributed by atoms with Crippen molar-refractivity contribution < 1.29 is 34.0 Å². The summed E-state index contributed by atoms with van der Waals surface area (Å²) >= 11 is 6.67. The monoisotopic (exact) mass is 628 g/mol. The molecule has 1 atom stereocenters. The Morgan fingerprint density at radius 1 is 0.978 bits per heavy atom. The molecule has 0 spiro atoms. The Kier molecular flexibility index (Phi) is 9.79. The van der Waals surface area contributed by atoms with Crippen molar-refractivity contribution in [3.63, 3.8) is 0 Å². The zero-order valence-corrected chi connectivity index (χ0v) is 25.7. The number of halogens is 1. The van der Waals surface area contributed by atoms with Crippen LogP contribution in [0.2, 0.25) is 5.02 Å². The molecule has 0 saturated carbocycles. The van der Waals surface area contributed by atoms with Gasteiger partial charge in [-0.25, -0.2) is 0 Å². The van der Waals surface area contributed by atoms with Crippen molar-refractivity contribution in [1.29, 1.82) is 5.26 Å². The number of nitrogens with zero attached hydrogens (tertiary/aromatic N) is 1. The van der Waals surface area contributed by atoms with Crippen LogP contribution >= 0.6 is 11.6 Å². The van der Waals surface area contributed by atoms with Gasteiger partial charge in [-0.05, 0) is 72.0 Å². The molecule has 9 nitrogen and oxygen atoms in total. The van der Waals surface area contributed by atoms with Crippen LogP contribution in [-0.4, -0.2) is 41.5 Å². The van der Waals surface area contributed by atoms with E-state index in [2.05, 4.69) is 11.4 Å². The van der Waals surface area contributed by atoms with E-state index in [0.29, 0.717) is 40.9 Å². The Labute approximate surface area is 266 Å². The maximum Gasteiger partial charge on any atom is 0.326 e. The van der Waals surface area contributed by atoms with E-state index in [9.17, 15) is 20.3 Å². The molecule has 4 aromatic rings. The van der Waals surface area contributed by atoms with E-state index in [1.807, 2.05) is 49.4 Å². The molecule has 0 amide bonds. The molecule has 4 aromatic carbocycles. The third-order valence-electron chi connectivity index (χ3n) is 7.71. The molecule has 5 rings (SSSR count). The molecule has 0 fully saturated rings. The molecule has 3 N–H and O–H groups in total. The van der Waals surface area contributed by atoms with Crippen LogP contribution in [0, 0.1) is 18.3 Å². The molecule has 0 bridgehead atoms. The highest BCUT2D eigenvalue weighted by Crippen LogP contribution is 2.37. The standard InChI is InChI=1S/C35H33ClN2O7/c1-22-26(7-4-8-28(22)25-9-10-30-33(15-25)43-12-11-42-30)20-45-32-16-31(44-19-24-6-3-5-23(13-24)17-37)27(14-29(32)36)18-38-35(2,21-39)34(40)41/h3-10,13-16,38-39H,11-12,18-21H2,1-2H3,(H,40,41)/t35-/m0/s1. The Hall–Kier alpha value is -4.75. The lowest BCUT2D eigenvalue weighted by atomic mass is 9.96. The molecule has 1 aliphatic rings. The normalized spacial score (nSPS) is 13.4. The fourth-order valence-corrected chi connectivity index (χ4v) is 5.10. The number of ether oxygens (including phenoxy) is 4. The van der Waals surface area contributed by atoms with Crippen molar-refractivity contribution >= 4 is 17.6 Å². The number of fused-ring (bicyclic) bond motifs is 1. The van der Waals surface area contributed by atoms with Gasteiger partial charge in [0.25, 0.3) is 0 Å². The predicted molar refractivity (Wildman–Crippen MR) is 169 cm³/mol. The molecule has 1 aliphatic heterocycles. The predicted octanol–water partition coefficient (Wildman–Crippen LogP) is 6.04. The molecule has 10 heteroatoms. The number of carbonyl (C=O) groups is 1. The maximum absolute atomic E-state index is 11.7. The first-order valence-corrected chi connectivity index (χ1v) is 14.7. The molecular weight excluding hydrogens is 596 g/mol. The summed E-state index contributed by atoms with van der Waals surface area (Å²) in [6, 6.07) is 24.4. The first-order valence-electron chi connectivity index (χ1n) is 14.4. The van der Waals surface area contributed by atoms with Crippen molar-refractivity contribution in [1.82, 2.24) is 5.32 Å². The zero-order valence-electron chi connectivity index (χ0n) is 24.9. The highest BCUT2D eigenvalue weighted by Gasteiger charge is 2.32. The molecule has 1 heterocycles. The number of hydrogen-bond donors (Lipinski definition) is 3. The van der Waals surface area contributed by atoms with E-state index < -0.39 is 18.1 Å². The first kappa shape index (κ1) is 31.7. The second-order valence-corrected chi connectivity index (χ2v) is 11.3. The number of aliphatic hydroxyl groups is 1. The van der Waals surface area contributed by atoms with Gasteiger partial charge < -0.3 is 29.2 Å². The summed E-state index contributed by atoms with van der Waals surface area (Å²) in [6.07, 6.45) is 0. The van der Waals surface area contributed by atoms with Crippen LogP contribution in [0.25, 0.3) is 11.1 Å². The van der Waals surface area contributed by atoms with Gasteiger partial charge in [-0.2, -0.15) is 5.26 Å². The van der Waals surface area contributed by atoms with Crippen LogP contribution in [0.15, 0.2) is 72.8 Å². The fourth-order valence-electron chi connectivity index (χ4n) is 4.86. The second-order valence-electron chi connectivity index (χ2n) is 10.9. The largest absolute Gasteiger partial charge is 0.488 e. The summed E-state index contributed by atoms with van der Waals surface area (Å²) in [5, 5.41) is 31.7. The maximum atomic E-state index is 11.7. The van der Waals surface area contributed by atoms with Gasteiger partial charge in [0, 0.05) is 18.2 Å². The van der Waals surface area contributed by atoms with Crippen molar-refractivity contribution in [3.05, 3.63) is 106 Å². The summed E-state index contributed by atoms with van der Waals surface area (Å²) in [4.78, 5) is 11.7. The Bertz CT molecular complexity index is 1750. The van der Waals surface area contributed by atoms with E-state index in [1.54, 1.807) is 30.3 Å². The molecule has 0 aliphatic carbocycles. The van der Waals surface area contributed by atoms with Gasteiger partial charge in [0.2, 0.25) is 0 Å². The quantitative estimate of drug-likeness (QED) is 0.172. The molecule has 45 heavy (non-hydrogen) atoms. The van der Waals surface area contributed by atoms with Crippen LogP contribution in [0.3, 0.4) is 0 Å². The number of benzene rings is 4. The van der Waals surface area contributed by atoms with Crippen LogP contribution in [0.4, 0.5) is 0 Å². The van der Waals surface area contributed by atoms with Gasteiger partial charge in [-0.1, -0.05) is 48.0 Å². The summed E-state index contributed by atoms with van der Waals surface area (Å²) < 4.78 is 23.8. The Morgan fingerprint density at radius 3 is 2.49 bits per heavy atom. The number of carboxylic acid groups (broad SMARTS) is 1. The minimum atomic E-state index is -1.57. The number of nitriles is 1. The minimum absolute atomic E-state index is 0.0492. The third-order valence-corrected chi connectivity index (χ3v) is 8.00. The zero-order chi connectivity index (χ0) is 32.0. The fraction of sp³-hybridized carbons (Fsp3) is 0.257. The average molecular weight is 629 g/mol. The summed E-state index contributed by atoms with van der Waals surface area (Å²) in [5.74, 6) is 1.05. The lowest BCUT2D eigenvalue weighted by Gasteiger charge is -2.25. The van der Waals surface area contributed by atoms with Gasteiger partial charge in [0.1, 0.15) is 43.5 Å². The van der Waals surface area contributed by atoms with E-state index in [1.165, 1.54) is 6.92 Å².